The second kappa shape index (κ2) is 11.7. The molecule has 0 amide bonds. The lowest BCUT2D eigenvalue weighted by molar-refractivity contribution is -0.00255. The smallest absolute Gasteiger partial charge is 0.191 e. The van der Waals surface area contributed by atoms with Crippen LogP contribution in [0.3, 0.4) is 0 Å². The van der Waals surface area contributed by atoms with Gasteiger partial charge in [0.1, 0.15) is 0 Å². The second-order valence-corrected chi connectivity index (χ2v) is 7.80. The van der Waals surface area contributed by atoms with E-state index < -0.39 is 0 Å². The minimum Gasteiger partial charge on any atom is -0.381 e. The highest BCUT2D eigenvalue weighted by Crippen LogP contribution is 2.27. The Balaban J connectivity index is 0.00000364. The van der Waals surface area contributed by atoms with Crippen LogP contribution in [0.5, 0.6) is 0 Å². The lowest BCUT2D eigenvalue weighted by atomic mass is 9.89. The van der Waals surface area contributed by atoms with Crippen LogP contribution in [0.15, 0.2) is 23.2 Å². The van der Waals surface area contributed by atoms with Crippen molar-refractivity contribution in [2.75, 3.05) is 40.4 Å². The van der Waals surface area contributed by atoms with Crippen LogP contribution >= 0.6 is 47.2 Å². The van der Waals surface area contributed by atoms with Crippen molar-refractivity contribution in [3.8, 4) is 0 Å². The number of guanidine groups is 1. The first kappa shape index (κ1) is 24.8. The molecule has 5 nitrogen and oxygen atoms in total. The van der Waals surface area contributed by atoms with Gasteiger partial charge < -0.3 is 20.3 Å². The van der Waals surface area contributed by atoms with E-state index in [1.807, 2.05) is 12.1 Å². The molecule has 1 aromatic carbocycles. The van der Waals surface area contributed by atoms with Crippen molar-refractivity contribution in [1.82, 2.24) is 15.5 Å². The molecular formula is C19H31Cl2IN4O. The molecule has 1 aliphatic rings. The van der Waals surface area contributed by atoms with E-state index in [4.69, 9.17) is 32.9 Å². The highest BCUT2D eigenvalue weighted by molar-refractivity contribution is 14.0. The zero-order chi connectivity index (χ0) is 19.2. The predicted molar refractivity (Wildman–Crippen MR) is 126 cm³/mol. The van der Waals surface area contributed by atoms with Crippen molar-refractivity contribution in [2.45, 2.75) is 38.3 Å². The summed E-state index contributed by atoms with van der Waals surface area (Å²) < 4.78 is 5.54. The van der Waals surface area contributed by atoms with E-state index in [2.05, 4.69) is 43.5 Å². The maximum Gasteiger partial charge on any atom is 0.191 e. The highest BCUT2D eigenvalue weighted by atomic mass is 127. The fourth-order valence-corrected chi connectivity index (χ4v) is 3.75. The van der Waals surface area contributed by atoms with Crippen LogP contribution in [-0.4, -0.2) is 56.8 Å². The Hall–Kier alpha value is -0.280. The van der Waals surface area contributed by atoms with Crippen molar-refractivity contribution in [3.05, 3.63) is 33.8 Å². The molecule has 27 heavy (non-hydrogen) atoms. The largest absolute Gasteiger partial charge is 0.381 e. The van der Waals surface area contributed by atoms with E-state index in [0.717, 1.165) is 50.7 Å². The molecule has 1 aromatic rings. The molecule has 154 valence electrons. The van der Waals surface area contributed by atoms with E-state index in [9.17, 15) is 0 Å². The van der Waals surface area contributed by atoms with E-state index in [0.29, 0.717) is 10.0 Å². The van der Waals surface area contributed by atoms with Gasteiger partial charge in [0.2, 0.25) is 0 Å². The van der Waals surface area contributed by atoms with Gasteiger partial charge in [-0.2, -0.15) is 0 Å². The number of nitrogens with one attached hydrogen (secondary N) is 2. The first-order chi connectivity index (χ1) is 12.4. The summed E-state index contributed by atoms with van der Waals surface area (Å²) in [5, 5.41) is 8.07. The number of ether oxygens (including phenoxy) is 1. The molecule has 1 heterocycles. The number of rotatable bonds is 6. The molecule has 1 atom stereocenters. The summed E-state index contributed by atoms with van der Waals surface area (Å²) in [5.74, 6) is 0.790. The van der Waals surface area contributed by atoms with Gasteiger partial charge in [-0.05, 0) is 58.5 Å². The van der Waals surface area contributed by atoms with Crippen LogP contribution in [-0.2, 0) is 4.74 Å². The molecule has 1 fully saturated rings. The predicted octanol–water partition coefficient (Wildman–Crippen LogP) is 4.34. The quantitative estimate of drug-likeness (QED) is 0.327. The normalized spacial score (nSPS) is 18.0. The van der Waals surface area contributed by atoms with Gasteiger partial charge in [0.25, 0.3) is 0 Å². The molecule has 0 spiro atoms. The van der Waals surface area contributed by atoms with Crippen molar-refractivity contribution in [1.29, 1.82) is 0 Å². The topological polar surface area (TPSA) is 48.9 Å². The molecule has 1 unspecified atom stereocenters. The zero-order valence-electron chi connectivity index (χ0n) is 16.5. The Labute approximate surface area is 190 Å². The third-order valence-electron chi connectivity index (χ3n) is 5.03. The standard InChI is InChI=1S/C19H30Cl2N4O.HI/c1-5-22-18(23-13-19(25(3)4)8-10-26-11-9-19)24-14(2)16-7-6-15(20)12-17(16)21;/h6-7,12,14H,5,8-11,13H2,1-4H3,(H2,22,23,24);1H. The summed E-state index contributed by atoms with van der Waals surface area (Å²) in [6, 6.07) is 5.59. The fourth-order valence-electron chi connectivity index (χ4n) is 3.18. The summed E-state index contributed by atoms with van der Waals surface area (Å²) in [4.78, 5) is 7.15. The molecule has 1 saturated heterocycles. The second-order valence-electron chi connectivity index (χ2n) is 6.96. The molecule has 2 rings (SSSR count). The van der Waals surface area contributed by atoms with Crippen LogP contribution in [0.4, 0.5) is 0 Å². The summed E-state index contributed by atoms with van der Waals surface area (Å²) in [6.07, 6.45) is 1.98. The van der Waals surface area contributed by atoms with Gasteiger partial charge >= 0.3 is 0 Å². The third kappa shape index (κ3) is 6.92. The average molecular weight is 529 g/mol. The summed E-state index contributed by atoms with van der Waals surface area (Å²) in [5.41, 5.74) is 1.04. The number of aliphatic imine (C=N–C) groups is 1. The Bertz CT molecular complexity index is 622. The van der Waals surface area contributed by atoms with Crippen LogP contribution in [0.25, 0.3) is 0 Å². The van der Waals surface area contributed by atoms with Gasteiger partial charge in [-0.25, -0.2) is 0 Å². The van der Waals surface area contributed by atoms with E-state index in [-0.39, 0.29) is 35.6 Å². The maximum absolute atomic E-state index is 6.34. The third-order valence-corrected chi connectivity index (χ3v) is 5.59. The first-order valence-corrected chi connectivity index (χ1v) is 9.88. The van der Waals surface area contributed by atoms with Crippen molar-refractivity contribution in [2.24, 2.45) is 4.99 Å². The summed E-state index contributed by atoms with van der Waals surface area (Å²) in [7, 11) is 4.24. The van der Waals surface area contributed by atoms with Crippen molar-refractivity contribution < 1.29 is 4.74 Å². The van der Waals surface area contributed by atoms with Crippen LogP contribution in [0, 0.1) is 0 Å². The molecule has 2 N–H and O–H groups in total. The van der Waals surface area contributed by atoms with E-state index >= 15 is 0 Å². The summed E-state index contributed by atoms with van der Waals surface area (Å²) in [6.45, 7) is 7.22. The van der Waals surface area contributed by atoms with Gasteiger partial charge in [0.15, 0.2) is 5.96 Å². The number of hydrogen-bond donors (Lipinski definition) is 2. The fraction of sp³-hybridized carbons (Fsp3) is 0.632. The van der Waals surface area contributed by atoms with Gasteiger partial charge in [-0.15, -0.1) is 24.0 Å². The van der Waals surface area contributed by atoms with Gasteiger partial charge in [-0.1, -0.05) is 29.3 Å². The van der Waals surface area contributed by atoms with Crippen LogP contribution < -0.4 is 10.6 Å². The van der Waals surface area contributed by atoms with Crippen LogP contribution in [0.1, 0.15) is 38.3 Å². The summed E-state index contributed by atoms with van der Waals surface area (Å²) >= 11 is 12.3. The average Bonchev–Trinajstić information content (AvgIpc) is 2.60. The number of benzene rings is 1. The maximum atomic E-state index is 6.34. The van der Waals surface area contributed by atoms with Gasteiger partial charge in [0, 0.05) is 35.3 Å². The Morgan fingerprint density at radius 2 is 1.96 bits per heavy atom. The molecular weight excluding hydrogens is 498 g/mol. The highest BCUT2D eigenvalue weighted by Gasteiger charge is 2.34. The van der Waals surface area contributed by atoms with Gasteiger partial charge in [0.05, 0.1) is 12.6 Å². The lowest BCUT2D eigenvalue weighted by Gasteiger charge is -2.41. The van der Waals surface area contributed by atoms with Crippen LogP contribution in [0.2, 0.25) is 10.0 Å². The minimum atomic E-state index is 0. The molecule has 0 aliphatic carbocycles. The first-order valence-electron chi connectivity index (χ1n) is 9.13. The molecule has 0 aromatic heterocycles. The minimum absolute atomic E-state index is 0. The Kier molecular flexibility index (Phi) is 10.7. The monoisotopic (exact) mass is 528 g/mol. The number of halogens is 3. The lowest BCUT2D eigenvalue weighted by Crippen LogP contribution is -2.51. The van der Waals surface area contributed by atoms with E-state index in [1.165, 1.54) is 0 Å². The zero-order valence-corrected chi connectivity index (χ0v) is 20.4. The molecule has 1 aliphatic heterocycles. The van der Waals surface area contributed by atoms with Crippen molar-refractivity contribution >= 4 is 53.1 Å². The van der Waals surface area contributed by atoms with Crippen molar-refractivity contribution in [3.63, 3.8) is 0 Å². The SMILES string of the molecule is CCNC(=NCC1(N(C)C)CCOCC1)NC(C)c1ccc(Cl)cc1Cl.I. The Morgan fingerprint density at radius 3 is 2.52 bits per heavy atom. The number of likely N-dealkylation sites (N-methyl/N-ethyl adjacent to an activating group) is 1. The van der Waals surface area contributed by atoms with Gasteiger partial charge in [-0.3, -0.25) is 4.99 Å². The molecule has 0 radical (unpaired) electrons. The molecule has 0 saturated carbocycles. The molecule has 0 bridgehead atoms. The Morgan fingerprint density at radius 1 is 1.30 bits per heavy atom. The number of hydrogen-bond acceptors (Lipinski definition) is 3. The number of nitrogens with zero attached hydrogens (tertiary/aromatic N) is 2. The molecule has 8 heteroatoms. The van der Waals surface area contributed by atoms with E-state index in [1.54, 1.807) is 6.07 Å².